The Bertz CT molecular complexity index is 61.0. The van der Waals surface area contributed by atoms with Gasteiger partial charge < -0.3 is 4.90 Å². The van der Waals surface area contributed by atoms with Gasteiger partial charge in [-0.2, -0.15) is 0 Å². The van der Waals surface area contributed by atoms with E-state index in [1.807, 2.05) is 0 Å². The van der Waals surface area contributed by atoms with E-state index in [2.05, 4.69) is 35.4 Å². The van der Waals surface area contributed by atoms with E-state index in [9.17, 15) is 0 Å². The Morgan fingerprint density at radius 1 is 0.909 bits per heavy atom. The largest absolute Gasteiger partial charge is 0.304 e. The number of rotatable bonds is 3. The first-order chi connectivity index (χ1) is 5.35. The van der Waals surface area contributed by atoms with Gasteiger partial charge >= 0.3 is 0 Å². The highest BCUT2D eigenvalue weighted by Crippen LogP contribution is 1.87. The number of nitrogens with zero attached hydrogens (tertiary/aromatic N) is 1. The topological polar surface area (TPSA) is 21.7 Å². The van der Waals surface area contributed by atoms with Crippen LogP contribution < -0.4 is 0 Å². The summed E-state index contributed by atoms with van der Waals surface area (Å²) < 4.78 is 0. The fraction of sp³-hybridized carbons (Fsp3) is 1.00. The zero-order valence-corrected chi connectivity index (χ0v) is 7.80. The molecule has 0 unspecified atom stereocenters. The Labute approximate surface area is 69.2 Å². The molecule has 1 rings (SSSR count). The van der Waals surface area contributed by atoms with E-state index < -0.39 is 0 Å². The standard InChI is InChI=1S/C6H15N.C2H4O2/c1-4-7(5-2)6-3;1-2-4-3-1/h4-6H2,1-3H3;1-2H2. The van der Waals surface area contributed by atoms with Crippen molar-refractivity contribution in [3.05, 3.63) is 0 Å². The van der Waals surface area contributed by atoms with E-state index in [-0.39, 0.29) is 0 Å². The molecular formula is C8H19NO2. The lowest BCUT2D eigenvalue weighted by Gasteiger charge is -2.13. The SMILES string of the molecule is C1COO1.CCN(CC)CC. The molecule has 3 nitrogen and oxygen atoms in total. The van der Waals surface area contributed by atoms with Gasteiger partial charge in [0.05, 0.1) is 0 Å². The van der Waals surface area contributed by atoms with Crippen LogP contribution in [0.3, 0.4) is 0 Å². The average Bonchev–Trinajstić information content (AvgIpc) is 1.88. The summed E-state index contributed by atoms with van der Waals surface area (Å²) in [6.45, 7) is 11.7. The van der Waals surface area contributed by atoms with Crippen molar-refractivity contribution in [3.8, 4) is 0 Å². The lowest BCUT2D eigenvalue weighted by molar-refractivity contribution is -0.382. The highest BCUT2D eigenvalue weighted by atomic mass is 17.2. The summed E-state index contributed by atoms with van der Waals surface area (Å²) in [5.41, 5.74) is 0. The molecule has 1 aliphatic heterocycles. The van der Waals surface area contributed by atoms with Crippen molar-refractivity contribution in [2.75, 3.05) is 32.8 Å². The second kappa shape index (κ2) is 7.98. The Hall–Kier alpha value is -0.120. The lowest BCUT2D eigenvalue weighted by Crippen LogP contribution is -2.21. The Morgan fingerprint density at radius 3 is 1.18 bits per heavy atom. The second-order valence-electron chi connectivity index (χ2n) is 2.26. The second-order valence-corrected chi connectivity index (χ2v) is 2.26. The quantitative estimate of drug-likeness (QED) is 0.582. The smallest absolute Gasteiger partial charge is 0.109 e. The molecule has 68 valence electrons. The van der Waals surface area contributed by atoms with Gasteiger partial charge in [-0.1, -0.05) is 20.8 Å². The predicted molar refractivity (Wildman–Crippen MR) is 45.4 cm³/mol. The molecule has 0 N–H and O–H groups in total. The van der Waals surface area contributed by atoms with Crippen molar-refractivity contribution >= 4 is 0 Å². The Kier molecular flexibility index (Phi) is 7.89. The Morgan fingerprint density at radius 2 is 1.18 bits per heavy atom. The number of hydrogen-bond donors (Lipinski definition) is 0. The maximum atomic E-state index is 4.22. The van der Waals surface area contributed by atoms with Gasteiger partial charge in [-0.15, -0.1) is 0 Å². The molecule has 0 spiro atoms. The molecule has 0 aliphatic carbocycles. The maximum absolute atomic E-state index is 4.22. The monoisotopic (exact) mass is 161 g/mol. The predicted octanol–water partition coefficient (Wildman–Crippen LogP) is 1.30. The summed E-state index contributed by atoms with van der Waals surface area (Å²) in [4.78, 5) is 10.8. The molecule has 1 heterocycles. The van der Waals surface area contributed by atoms with Crippen molar-refractivity contribution in [3.63, 3.8) is 0 Å². The molecule has 0 aromatic rings. The van der Waals surface area contributed by atoms with Crippen molar-refractivity contribution < 1.29 is 9.78 Å². The normalized spacial score (nSPS) is 15.3. The summed E-state index contributed by atoms with van der Waals surface area (Å²) in [6.07, 6.45) is 0. The molecule has 0 atom stereocenters. The fourth-order valence-electron chi connectivity index (χ4n) is 0.754. The molecule has 3 heteroatoms. The van der Waals surface area contributed by atoms with E-state index >= 15 is 0 Å². The van der Waals surface area contributed by atoms with Gasteiger partial charge in [0.15, 0.2) is 0 Å². The Balaban J connectivity index is 0.000000207. The molecule has 0 radical (unpaired) electrons. The van der Waals surface area contributed by atoms with Gasteiger partial charge in [0.2, 0.25) is 0 Å². The maximum Gasteiger partial charge on any atom is 0.109 e. The highest BCUT2D eigenvalue weighted by Gasteiger charge is 1.95. The first-order valence-corrected chi connectivity index (χ1v) is 4.31. The molecule has 0 amide bonds. The van der Waals surface area contributed by atoms with Gasteiger partial charge in [0.1, 0.15) is 13.2 Å². The van der Waals surface area contributed by atoms with Crippen LogP contribution >= 0.6 is 0 Å². The van der Waals surface area contributed by atoms with Crippen LogP contribution in [0.4, 0.5) is 0 Å². The molecule has 0 aromatic heterocycles. The minimum Gasteiger partial charge on any atom is -0.304 e. The van der Waals surface area contributed by atoms with Gasteiger partial charge in [-0.25, -0.2) is 9.78 Å². The van der Waals surface area contributed by atoms with E-state index in [0.717, 1.165) is 13.2 Å². The molecule has 1 fully saturated rings. The van der Waals surface area contributed by atoms with Gasteiger partial charge in [-0.3, -0.25) is 0 Å². The third-order valence-electron chi connectivity index (χ3n) is 1.67. The third-order valence-corrected chi connectivity index (χ3v) is 1.67. The average molecular weight is 161 g/mol. The van der Waals surface area contributed by atoms with Gasteiger partial charge in [0, 0.05) is 0 Å². The molecule has 1 saturated heterocycles. The van der Waals surface area contributed by atoms with E-state index in [4.69, 9.17) is 0 Å². The minimum atomic E-state index is 0.778. The summed E-state index contributed by atoms with van der Waals surface area (Å²) in [7, 11) is 0. The van der Waals surface area contributed by atoms with Crippen LogP contribution in [0.15, 0.2) is 0 Å². The van der Waals surface area contributed by atoms with Crippen LogP contribution in [-0.2, 0) is 9.78 Å². The summed E-state index contributed by atoms with van der Waals surface area (Å²) in [5, 5.41) is 0. The van der Waals surface area contributed by atoms with Crippen molar-refractivity contribution in [1.29, 1.82) is 0 Å². The zero-order valence-electron chi connectivity index (χ0n) is 7.80. The van der Waals surface area contributed by atoms with Crippen LogP contribution in [0, 0.1) is 0 Å². The number of hydrogen-bond acceptors (Lipinski definition) is 3. The summed E-state index contributed by atoms with van der Waals surface area (Å²) in [5.74, 6) is 0. The van der Waals surface area contributed by atoms with E-state index in [1.165, 1.54) is 19.6 Å². The van der Waals surface area contributed by atoms with E-state index in [1.54, 1.807) is 0 Å². The van der Waals surface area contributed by atoms with Gasteiger partial charge in [-0.05, 0) is 19.6 Å². The minimum absolute atomic E-state index is 0.778. The third kappa shape index (κ3) is 6.28. The molecule has 0 bridgehead atoms. The van der Waals surface area contributed by atoms with Crippen LogP contribution in [-0.4, -0.2) is 37.7 Å². The zero-order chi connectivity index (χ0) is 8.53. The van der Waals surface area contributed by atoms with Crippen LogP contribution in [0.25, 0.3) is 0 Å². The summed E-state index contributed by atoms with van der Waals surface area (Å²) in [6, 6.07) is 0. The molecule has 1 aliphatic rings. The van der Waals surface area contributed by atoms with E-state index in [0.29, 0.717) is 0 Å². The van der Waals surface area contributed by atoms with Crippen molar-refractivity contribution in [2.45, 2.75) is 20.8 Å². The van der Waals surface area contributed by atoms with Crippen LogP contribution in [0.5, 0.6) is 0 Å². The fourth-order valence-corrected chi connectivity index (χ4v) is 0.754. The van der Waals surface area contributed by atoms with Gasteiger partial charge in [0.25, 0.3) is 0 Å². The molecule has 11 heavy (non-hydrogen) atoms. The van der Waals surface area contributed by atoms with Crippen LogP contribution in [0.2, 0.25) is 0 Å². The van der Waals surface area contributed by atoms with Crippen molar-refractivity contribution in [2.24, 2.45) is 0 Å². The van der Waals surface area contributed by atoms with Crippen molar-refractivity contribution in [1.82, 2.24) is 4.90 Å². The molecular weight excluding hydrogens is 142 g/mol. The first-order valence-electron chi connectivity index (χ1n) is 4.31. The molecule has 0 aromatic carbocycles. The molecule has 0 saturated carbocycles. The van der Waals surface area contributed by atoms with Crippen LogP contribution in [0.1, 0.15) is 20.8 Å². The first kappa shape index (κ1) is 10.9. The lowest BCUT2D eigenvalue weighted by atomic mass is 10.5. The summed E-state index contributed by atoms with van der Waals surface area (Å²) >= 11 is 0. The highest BCUT2D eigenvalue weighted by molar-refractivity contribution is 4.43.